The van der Waals surface area contributed by atoms with Crippen LogP contribution in [0.4, 0.5) is 0 Å². The number of hydrogen-bond donors (Lipinski definition) is 0. The zero-order chi connectivity index (χ0) is 24.1. The number of thioether (sulfide) groups is 2. The summed E-state index contributed by atoms with van der Waals surface area (Å²) < 4.78 is 0.878. The highest BCUT2D eigenvalue weighted by Gasteiger charge is 2.66. The lowest BCUT2D eigenvalue weighted by Gasteiger charge is -2.70. The third-order valence-electron chi connectivity index (χ3n) is 13.3. The average Bonchev–Trinajstić information content (AvgIpc) is 3.27. The van der Waals surface area contributed by atoms with Crippen LogP contribution in [0.1, 0.15) is 113 Å². The van der Waals surface area contributed by atoms with Crippen molar-refractivity contribution in [1.29, 1.82) is 0 Å². The molecule has 6 rings (SSSR count). The first-order valence-corrected chi connectivity index (χ1v) is 16.9. The van der Waals surface area contributed by atoms with Gasteiger partial charge in [-0.05, 0) is 114 Å². The van der Waals surface area contributed by atoms with E-state index < -0.39 is 0 Å². The minimum absolute atomic E-state index is 0.431. The van der Waals surface area contributed by atoms with Crippen LogP contribution in [0.25, 0.3) is 0 Å². The second-order valence-corrected chi connectivity index (χ2v) is 18.6. The van der Waals surface area contributed by atoms with Gasteiger partial charge in [-0.25, -0.2) is 0 Å². The Balaban J connectivity index is 1.38. The van der Waals surface area contributed by atoms with Crippen molar-refractivity contribution in [1.82, 2.24) is 0 Å². The van der Waals surface area contributed by atoms with E-state index in [1.807, 2.05) is 5.57 Å². The first-order chi connectivity index (χ1) is 15.9. The van der Waals surface area contributed by atoms with Crippen LogP contribution < -0.4 is 0 Å². The molecular weight excluding hydrogens is 448 g/mol. The van der Waals surface area contributed by atoms with E-state index in [2.05, 4.69) is 78.1 Å². The molecule has 8 unspecified atom stereocenters. The Morgan fingerprint density at radius 3 is 2.24 bits per heavy atom. The van der Waals surface area contributed by atoms with Crippen LogP contribution in [0.15, 0.2) is 11.6 Å². The van der Waals surface area contributed by atoms with Gasteiger partial charge >= 0.3 is 0 Å². The van der Waals surface area contributed by atoms with Crippen LogP contribution in [0.5, 0.6) is 0 Å². The predicted octanol–water partition coefficient (Wildman–Crippen LogP) is 9.84. The summed E-state index contributed by atoms with van der Waals surface area (Å²) >= 11 is 4.61. The molecule has 0 N–H and O–H groups in total. The van der Waals surface area contributed by atoms with E-state index in [4.69, 9.17) is 0 Å². The summed E-state index contributed by atoms with van der Waals surface area (Å²) in [5.74, 6) is 7.35. The largest absolute Gasteiger partial charge is 0.146 e. The molecule has 0 amide bonds. The fourth-order valence-corrected chi connectivity index (χ4v) is 15.0. The first-order valence-electron chi connectivity index (χ1n) is 14.9. The monoisotopic (exact) mass is 500 g/mol. The van der Waals surface area contributed by atoms with Crippen LogP contribution in [0.2, 0.25) is 0 Å². The molecule has 0 aromatic carbocycles. The number of allylic oxidation sites excluding steroid dienone is 2. The van der Waals surface area contributed by atoms with Crippen molar-refractivity contribution >= 4 is 23.5 Å². The molecule has 0 aromatic rings. The van der Waals surface area contributed by atoms with Gasteiger partial charge in [0.1, 0.15) is 0 Å². The van der Waals surface area contributed by atoms with Crippen LogP contribution >= 0.6 is 23.5 Å². The second-order valence-electron chi connectivity index (χ2n) is 15.8. The van der Waals surface area contributed by atoms with Gasteiger partial charge in [-0.15, -0.1) is 23.5 Å². The lowest BCUT2D eigenvalue weighted by atomic mass is 9.34. The van der Waals surface area contributed by atoms with Gasteiger partial charge in [-0.3, -0.25) is 0 Å². The molecule has 1 saturated heterocycles. The van der Waals surface area contributed by atoms with E-state index in [-0.39, 0.29) is 0 Å². The summed E-state index contributed by atoms with van der Waals surface area (Å²) in [5, 5.41) is 0. The Morgan fingerprint density at radius 1 is 0.765 bits per heavy atom. The van der Waals surface area contributed by atoms with Gasteiger partial charge in [0.15, 0.2) is 0 Å². The number of rotatable bonds is 1. The highest BCUT2D eigenvalue weighted by Crippen LogP contribution is 2.75. The van der Waals surface area contributed by atoms with Gasteiger partial charge in [-0.1, -0.05) is 66.5 Å². The zero-order valence-corrected chi connectivity index (χ0v) is 25.0. The maximum Gasteiger partial charge on any atom is 0.0534 e. The molecule has 6 aliphatic rings. The molecule has 2 heteroatoms. The predicted molar refractivity (Wildman–Crippen MR) is 152 cm³/mol. The van der Waals surface area contributed by atoms with Gasteiger partial charge in [0.05, 0.1) is 4.58 Å². The van der Waals surface area contributed by atoms with Gasteiger partial charge in [0.25, 0.3) is 0 Å². The number of fused-ring (bicyclic) bond motifs is 7. The minimum Gasteiger partial charge on any atom is -0.146 e. The first kappa shape index (κ1) is 24.8. The molecule has 34 heavy (non-hydrogen) atoms. The van der Waals surface area contributed by atoms with Gasteiger partial charge in [0.2, 0.25) is 0 Å². The van der Waals surface area contributed by atoms with Crippen molar-refractivity contribution in [3.63, 3.8) is 0 Å². The van der Waals surface area contributed by atoms with Crippen LogP contribution in [-0.4, -0.2) is 16.1 Å². The normalized spacial score (nSPS) is 52.1. The molecule has 0 spiro atoms. The SMILES string of the molecule is CC1(C)CC2C3=CCC4C5(C)CCCC(C)(C)C5CCC4(C)C3(C)CCC2C(C2SCCS2)C1. The molecule has 5 aliphatic carbocycles. The maximum atomic E-state index is 2.89. The quantitative estimate of drug-likeness (QED) is 0.328. The second kappa shape index (κ2) is 7.97. The van der Waals surface area contributed by atoms with E-state index in [9.17, 15) is 0 Å². The summed E-state index contributed by atoms with van der Waals surface area (Å²) in [6, 6.07) is 0. The summed E-state index contributed by atoms with van der Waals surface area (Å²) in [7, 11) is 0. The molecule has 8 atom stereocenters. The Morgan fingerprint density at radius 2 is 1.50 bits per heavy atom. The lowest BCUT2D eigenvalue weighted by molar-refractivity contribution is -0.176. The van der Waals surface area contributed by atoms with E-state index in [1.54, 1.807) is 0 Å². The van der Waals surface area contributed by atoms with Gasteiger partial charge < -0.3 is 0 Å². The van der Waals surface area contributed by atoms with E-state index in [1.165, 1.54) is 75.7 Å². The molecule has 5 fully saturated rings. The molecular formula is C32H52S2. The van der Waals surface area contributed by atoms with E-state index in [0.29, 0.717) is 27.1 Å². The van der Waals surface area contributed by atoms with Crippen molar-refractivity contribution in [2.75, 3.05) is 11.5 Å². The van der Waals surface area contributed by atoms with Crippen molar-refractivity contribution < 1.29 is 0 Å². The van der Waals surface area contributed by atoms with Gasteiger partial charge in [0, 0.05) is 11.5 Å². The Bertz CT molecular complexity index is 849. The smallest absolute Gasteiger partial charge is 0.0534 e. The van der Waals surface area contributed by atoms with Crippen molar-refractivity contribution in [3.05, 3.63) is 11.6 Å². The fourth-order valence-electron chi connectivity index (χ4n) is 11.7. The third kappa shape index (κ3) is 3.38. The minimum atomic E-state index is 0.431. The summed E-state index contributed by atoms with van der Waals surface area (Å²) in [6.45, 7) is 18.8. The molecule has 0 aromatic heterocycles. The summed E-state index contributed by atoms with van der Waals surface area (Å²) in [5.41, 5.74) is 4.47. The van der Waals surface area contributed by atoms with Crippen LogP contribution in [0, 0.1) is 56.7 Å². The Hall–Kier alpha value is 0.440. The van der Waals surface area contributed by atoms with E-state index in [0.717, 1.165) is 34.2 Å². The lowest BCUT2D eigenvalue weighted by Crippen LogP contribution is -2.62. The molecule has 0 bridgehead atoms. The van der Waals surface area contributed by atoms with Crippen LogP contribution in [-0.2, 0) is 0 Å². The topological polar surface area (TPSA) is 0 Å². The summed E-state index contributed by atoms with van der Waals surface area (Å²) in [4.78, 5) is 0. The molecule has 0 nitrogen and oxygen atoms in total. The molecule has 192 valence electrons. The maximum absolute atomic E-state index is 2.89. The average molecular weight is 501 g/mol. The van der Waals surface area contributed by atoms with Gasteiger partial charge in [-0.2, -0.15) is 0 Å². The number of hydrogen-bond acceptors (Lipinski definition) is 2. The zero-order valence-electron chi connectivity index (χ0n) is 23.3. The standard InChI is InChI=1S/C32H52S2/c1-28(2)19-22-21(23(20-28)27-33-17-18-34-27)11-15-31(6)24(22)9-10-26-30(5)14-8-13-29(3,4)25(30)12-16-32(26,31)7/h9,21-23,25-27H,8,10-20H2,1-7H3. The molecule has 0 radical (unpaired) electrons. The van der Waals surface area contributed by atoms with Crippen LogP contribution in [0.3, 0.4) is 0 Å². The molecule has 4 saturated carbocycles. The van der Waals surface area contributed by atoms with Crippen molar-refractivity contribution in [3.8, 4) is 0 Å². The summed E-state index contributed by atoms with van der Waals surface area (Å²) in [6.07, 6.45) is 17.5. The van der Waals surface area contributed by atoms with Crippen molar-refractivity contribution in [2.24, 2.45) is 56.7 Å². The molecule has 1 aliphatic heterocycles. The molecule has 1 heterocycles. The van der Waals surface area contributed by atoms with E-state index >= 15 is 0 Å². The highest BCUT2D eigenvalue weighted by atomic mass is 32.2. The highest BCUT2D eigenvalue weighted by molar-refractivity contribution is 8.20. The Kier molecular flexibility index (Phi) is 5.81. The van der Waals surface area contributed by atoms with Crippen molar-refractivity contribution in [2.45, 2.75) is 117 Å². The third-order valence-corrected chi connectivity index (χ3v) is 16.6. The fraction of sp³-hybridized carbons (Fsp3) is 0.938. The Labute approximate surface area is 220 Å².